The number of nitrogens with one attached hydrogen (secondary N) is 1. The Kier molecular flexibility index (Phi) is 6.02. The standard InChI is InChI=1S/C17H24FN3O4S/c1-3-17(16(19)23)7-4-8-21(11-17)15(22)10-20-26(24,25)14-6-5-13(18)9-12(14)2/h5-6,9,20H,3-4,7-8,10-11H2,1-2H3,(H2,19,23)/t17-/m1/s1. The molecule has 1 saturated heterocycles. The third-order valence-corrected chi connectivity index (χ3v) is 6.53. The van der Waals surface area contributed by atoms with E-state index in [-0.39, 0.29) is 17.0 Å². The van der Waals surface area contributed by atoms with Crippen LogP contribution in [0.1, 0.15) is 31.7 Å². The van der Waals surface area contributed by atoms with Crippen LogP contribution in [-0.2, 0) is 19.6 Å². The van der Waals surface area contributed by atoms with Gasteiger partial charge in [-0.1, -0.05) is 6.92 Å². The van der Waals surface area contributed by atoms with Crippen LogP contribution in [0.25, 0.3) is 0 Å². The lowest BCUT2D eigenvalue weighted by Crippen LogP contribution is -2.53. The van der Waals surface area contributed by atoms with Gasteiger partial charge in [0.25, 0.3) is 0 Å². The fourth-order valence-corrected chi connectivity index (χ4v) is 4.47. The second-order valence-electron chi connectivity index (χ2n) is 6.65. The lowest BCUT2D eigenvalue weighted by Gasteiger charge is -2.40. The molecule has 0 unspecified atom stereocenters. The van der Waals surface area contributed by atoms with Gasteiger partial charge in [-0.3, -0.25) is 9.59 Å². The maximum absolute atomic E-state index is 13.2. The van der Waals surface area contributed by atoms with Crippen LogP contribution in [-0.4, -0.2) is 44.8 Å². The number of halogens is 1. The first-order chi connectivity index (χ1) is 12.1. The Balaban J connectivity index is 2.07. The fourth-order valence-electron chi connectivity index (χ4n) is 3.27. The van der Waals surface area contributed by atoms with E-state index in [2.05, 4.69) is 4.72 Å². The number of benzene rings is 1. The summed E-state index contributed by atoms with van der Waals surface area (Å²) in [5.41, 5.74) is 4.99. The predicted octanol–water partition coefficient (Wildman–Crippen LogP) is 0.917. The molecule has 1 fully saturated rings. The Morgan fingerprint density at radius 1 is 1.38 bits per heavy atom. The lowest BCUT2D eigenvalue weighted by atomic mass is 9.77. The van der Waals surface area contributed by atoms with Crippen molar-refractivity contribution in [2.75, 3.05) is 19.6 Å². The highest BCUT2D eigenvalue weighted by molar-refractivity contribution is 7.89. The van der Waals surface area contributed by atoms with Crippen LogP contribution in [0.4, 0.5) is 4.39 Å². The highest BCUT2D eigenvalue weighted by atomic mass is 32.2. The average molecular weight is 385 g/mol. The Labute approximate surface area is 152 Å². The zero-order valence-corrected chi connectivity index (χ0v) is 15.7. The summed E-state index contributed by atoms with van der Waals surface area (Å²) in [5.74, 6) is -1.40. The summed E-state index contributed by atoms with van der Waals surface area (Å²) < 4.78 is 40.1. The van der Waals surface area contributed by atoms with E-state index in [9.17, 15) is 22.4 Å². The Hall–Kier alpha value is -2.00. The smallest absolute Gasteiger partial charge is 0.241 e. The molecule has 1 aliphatic rings. The number of likely N-dealkylation sites (tertiary alicyclic amines) is 1. The number of piperidine rings is 1. The molecule has 3 N–H and O–H groups in total. The molecule has 1 atom stereocenters. The first kappa shape index (κ1) is 20.3. The van der Waals surface area contributed by atoms with Crippen LogP contribution in [0.2, 0.25) is 0 Å². The normalized spacial score (nSPS) is 20.8. The Morgan fingerprint density at radius 2 is 2.08 bits per heavy atom. The SMILES string of the molecule is CC[C@@]1(C(N)=O)CCCN(C(=O)CNS(=O)(=O)c2ccc(F)cc2C)C1. The molecule has 1 aromatic carbocycles. The lowest BCUT2D eigenvalue weighted by molar-refractivity contribution is -0.139. The second kappa shape index (κ2) is 7.71. The molecule has 0 bridgehead atoms. The molecule has 1 heterocycles. The number of nitrogens with two attached hydrogens (primary N) is 1. The number of hydrogen-bond donors (Lipinski definition) is 2. The van der Waals surface area contributed by atoms with Crippen LogP contribution in [0.3, 0.4) is 0 Å². The number of aryl methyl sites for hydroxylation is 1. The van der Waals surface area contributed by atoms with Gasteiger partial charge in [-0.15, -0.1) is 0 Å². The molecule has 9 heteroatoms. The van der Waals surface area contributed by atoms with Gasteiger partial charge in [0, 0.05) is 13.1 Å². The van der Waals surface area contributed by atoms with Gasteiger partial charge in [0.15, 0.2) is 0 Å². The number of rotatable bonds is 6. The van der Waals surface area contributed by atoms with Crippen LogP contribution >= 0.6 is 0 Å². The summed E-state index contributed by atoms with van der Waals surface area (Å²) >= 11 is 0. The minimum atomic E-state index is -3.95. The molecular formula is C17H24FN3O4S. The van der Waals surface area contributed by atoms with Crippen molar-refractivity contribution in [3.8, 4) is 0 Å². The third kappa shape index (κ3) is 4.21. The third-order valence-electron chi connectivity index (χ3n) is 4.97. The molecule has 26 heavy (non-hydrogen) atoms. The average Bonchev–Trinajstić information content (AvgIpc) is 2.59. The number of amides is 2. The van der Waals surface area contributed by atoms with Crippen molar-refractivity contribution in [2.45, 2.75) is 38.0 Å². The first-order valence-corrected chi connectivity index (χ1v) is 9.93. The zero-order chi connectivity index (χ0) is 19.5. The van der Waals surface area contributed by atoms with E-state index in [0.29, 0.717) is 25.8 Å². The van der Waals surface area contributed by atoms with E-state index in [1.165, 1.54) is 11.8 Å². The van der Waals surface area contributed by atoms with E-state index >= 15 is 0 Å². The minimum absolute atomic E-state index is 0.0783. The quantitative estimate of drug-likeness (QED) is 0.759. The van der Waals surface area contributed by atoms with Crippen molar-refractivity contribution in [3.05, 3.63) is 29.6 Å². The Bertz CT molecular complexity index is 812. The number of carbonyl (C=O) groups is 2. The summed E-state index contributed by atoms with van der Waals surface area (Å²) in [6.07, 6.45) is 1.77. The van der Waals surface area contributed by atoms with Crippen LogP contribution < -0.4 is 10.5 Å². The molecule has 1 aromatic rings. The van der Waals surface area contributed by atoms with Gasteiger partial charge in [-0.05, 0) is 49.9 Å². The number of hydrogen-bond acceptors (Lipinski definition) is 4. The van der Waals surface area contributed by atoms with Crippen molar-refractivity contribution < 1.29 is 22.4 Å². The molecule has 0 aliphatic carbocycles. The molecule has 144 valence electrons. The van der Waals surface area contributed by atoms with Crippen molar-refractivity contribution in [3.63, 3.8) is 0 Å². The van der Waals surface area contributed by atoms with Gasteiger partial charge in [0.1, 0.15) is 5.82 Å². The maximum Gasteiger partial charge on any atom is 0.241 e. The Morgan fingerprint density at radius 3 is 2.65 bits per heavy atom. The molecule has 0 aromatic heterocycles. The first-order valence-electron chi connectivity index (χ1n) is 8.45. The molecule has 2 amide bonds. The van der Waals surface area contributed by atoms with Gasteiger partial charge < -0.3 is 10.6 Å². The van der Waals surface area contributed by atoms with E-state index < -0.39 is 39.6 Å². The summed E-state index contributed by atoms with van der Waals surface area (Å²) in [6, 6.07) is 3.33. The number of nitrogens with zero attached hydrogens (tertiary/aromatic N) is 1. The van der Waals surface area contributed by atoms with E-state index in [1.807, 2.05) is 6.92 Å². The van der Waals surface area contributed by atoms with E-state index in [0.717, 1.165) is 18.2 Å². The molecule has 2 rings (SSSR count). The molecule has 0 spiro atoms. The number of primary amides is 1. The predicted molar refractivity (Wildman–Crippen MR) is 94.1 cm³/mol. The van der Waals surface area contributed by atoms with E-state index in [4.69, 9.17) is 5.73 Å². The maximum atomic E-state index is 13.2. The van der Waals surface area contributed by atoms with Crippen molar-refractivity contribution in [1.82, 2.24) is 9.62 Å². The molecule has 1 aliphatic heterocycles. The van der Waals surface area contributed by atoms with Gasteiger partial charge in [0.05, 0.1) is 16.9 Å². The number of carbonyl (C=O) groups excluding carboxylic acids is 2. The largest absolute Gasteiger partial charge is 0.369 e. The molecule has 0 saturated carbocycles. The van der Waals surface area contributed by atoms with Gasteiger partial charge in [-0.25, -0.2) is 17.5 Å². The minimum Gasteiger partial charge on any atom is -0.369 e. The highest BCUT2D eigenvalue weighted by Gasteiger charge is 2.40. The molecule has 0 radical (unpaired) electrons. The van der Waals surface area contributed by atoms with Gasteiger partial charge >= 0.3 is 0 Å². The van der Waals surface area contributed by atoms with Crippen LogP contribution in [0.5, 0.6) is 0 Å². The van der Waals surface area contributed by atoms with Gasteiger partial charge in [0.2, 0.25) is 21.8 Å². The van der Waals surface area contributed by atoms with E-state index in [1.54, 1.807) is 0 Å². The summed E-state index contributed by atoms with van der Waals surface area (Å²) in [7, 11) is -3.95. The van der Waals surface area contributed by atoms with Crippen molar-refractivity contribution in [2.24, 2.45) is 11.1 Å². The monoisotopic (exact) mass is 385 g/mol. The molecule has 7 nitrogen and oxygen atoms in total. The summed E-state index contributed by atoms with van der Waals surface area (Å²) in [5, 5.41) is 0. The summed E-state index contributed by atoms with van der Waals surface area (Å²) in [4.78, 5) is 25.6. The number of sulfonamides is 1. The second-order valence-corrected chi connectivity index (χ2v) is 8.39. The summed E-state index contributed by atoms with van der Waals surface area (Å²) in [6.45, 7) is 3.53. The fraction of sp³-hybridized carbons (Fsp3) is 0.529. The van der Waals surface area contributed by atoms with Crippen LogP contribution in [0.15, 0.2) is 23.1 Å². The topological polar surface area (TPSA) is 110 Å². The molecular weight excluding hydrogens is 361 g/mol. The van der Waals surface area contributed by atoms with Gasteiger partial charge in [-0.2, -0.15) is 0 Å². The van der Waals surface area contributed by atoms with Crippen molar-refractivity contribution >= 4 is 21.8 Å². The van der Waals surface area contributed by atoms with Crippen molar-refractivity contribution in [1.29, 1.82) is 0 Å². The highest BCUT2D eigenvalue weighted by Crippen LogP contribution is 2.33. The zero-order valence-electron chi connectivity index (χ0n) is 14.9. The van der Waals surface area contributed by atoms with Crippen LogP contribution in [0, 0.1) is 18.2 Å².